The molecule has 1 aromatic heterocycles. The molecule has 15 heavy (non-hydrogen) atoms. The van der Waals surface area contributed by atoms with Crippen molar-refractivity contribution < 1.29 is 4.74 Å². The highest BCUT2D eigenvalue weighted by Crippen LogP contribution is 2.32. The number of ether oxygens (including phenoxy) is 1. The summed E-state index contributed by atoms with van der Waals surface area (Å²) in [6, 6.07) is 0. The van der Waals surface area contributed by atoms with Crippen LogP contribution in [0.2, 0.25) is 0 Å². The molecule has 1 fully saturated rings. The molecule has 0 aliphatic heterocycles. The van der Waals surface area contributed by atoms with Gasteiger partial charge in [-0.3, -0.25) is 5.10 Å². The van der Waals surface area contributed by atoms with Crippen molar-refractivity contribution >= 4 is 12.2 Å². The van der Waals surface area contributed by atoms with Crippen molar-refractivity contribution in [1.82, 2.24) is 14.8 Å². The molecule has 1 aliphatic rings. The minimum Gasteiger partial charge on any atom is -0.378 e. The summed E-state index contributed by atoms with van der Waals surface area (Å²) in [4.78, 5) is 0. The van der Waals surface area contributed by atoms with Gasteiger partial charge in [0.2, 0.25) is 0 Å². The SMILES string of the molecule is CCOC1CC(Cc2n[nH]c(=S)n2C)C1. The minimum absolute atomic E-state index is 0.479. The van der Waals surface area contributed by atoms with E-state index in [0.29, 0.717) is 16.8 Å². The molecule has 0 unspecified atom stereocenters. The molecule has 0 spiro atoms. The number of H-pyrrole nitrogens is 1. The molecule has 0 bridgehead atoms. The number of nitrogens with zero attached hydrogens (tertiary/aromatic N) is 2. The fourth-order valence-corrected chi connectivity index (χ4v) is 2.18. The maximum absolute atomic E-state index is 5.53. The fraction of sp³-hybridized carbons (Fsp3) is 0.800. The molecular weight excluding hydrogens is 210 g/mol. The fourth-order valence-electron chi connectivity index (χ4n) is 2.03. The third kappa shape index (κ3) is 2.29. The van der Waals surface area contributed by atoms with Crippen LogP contribution in [0, 0.1) is 10.7 Å². The smallest absolute Gasteiger partial charge is 0.194 e. The van der Waals surface area contributed by atoms with Gasteiger partial charge in [-0.05, 0) is 37.9 Å². The van der Waals surface area contributed by atoms with Crippen LogP contribution < -0.4 is 0 Å². The topological polar surface area (TPSA) is 42.8 Å². The lowest BCUT2D eigenvalue weighted by molar-refractivity contribution is -0.0247. The second-order valence-electron chi connectivity index (χ2n) is 4.12. The van der Waals surface area contributed by atoms with Crippen LogP contribution in [0.5, 0.6) is 0 Å². The van der Waals surface area contributed by atoms with E-state index >= 15 is 0 Å². The highest BCUT2D eigenvalue weighted by atomic mass is 32.1. The van der Waals surface area contributed by atoms with E-state index in [1.54, 1.807) is 0 Å². The summed E-state index contributed by atoms with van der Waals surface area (Å²) < 4.78 is 8.17. The molecule has 1 aliphatic carbocycles. The number of rotatable bonds is 4. The Kier molecular flexibility index (Phi) is 3.21. The van der Waals surface area contributed by atoms with Crippen molar-refractivity contribution in [2.75, 3.05) is 6.61 Å². The van der Waals surface area contributed by atoms with Gasteiger partial charge in [-0.1, -0.05) is 0 Å². The molecule has 1 N–H and O–H groups in total. The van der Waals surface area contributed by atoms with Gasteiger partial charge in [0.15, 0.2) is 4.77 Å². The van der Waals surface area contributed by atoms with Gasteiger partial charge in [-0.15, -0.1) is 0 Å². The Morgan fingerprint density at radius 3 is 2.87 bits per heavy atom. The van der Waals surface area contributed by atoms with Crippen molar-refractivity contribution in [2.24, 2.45) is 13.0 Å². The van der Waals surface area contributed by atoms with Gasteiger partial charge in [0.1, 0.15) is 5.82 Å². The van der Waals surface area contributed by atoms with E-state index in [0.717, 1.165) is 31.7 Å². The highest BCUT2D eigenvalue weighted by Gasteiger charge is 2.30. The van der Waals surface area contributed by atoms with Gasteiger partial charge >= 0.3 is 0 Å². The Balaban J connectivity index is 1.85. The summed E-state index contributed by atoms with van der Waals surface area (Å²) in [5.74, 6) is 1.77. The maximum Gasteiger partial charge on any atom is 0.194 e. The number of hydrogen-bond donors (Lipinski definition) is 1. The Morgan fingerprint density at radius 1 is 1.60 bits per heavy atom. The zero-order valence-corrected chi connectivity index (χ0v) is 10.0. The average molecular weight is 227 g/mol. The molecule has 1 heterocycles. The third-order valence-electron chi connectivity index (χ3n) is 3.04. The molecule has 1 aromatic rings. The summed E-state index contributed by atoms with van der Waals surface area (Å²) in [5, 5.41) is 7.02. The first-order valence-electron chi connectivity index (χ1n) is 5.42. The second kappa shape index (κ2) is 4.45. The number of aromatic amines is 1. The van der Waals surface area contributed by atoms with E-state index in [1.807, 2.05) is 18.5 Å². The standard InChI is InChI=1S/C10H17N3OS/c1-3-14-8-4-7(5-8)6-9-11-12-10(15)13(9)2/h7-8H,3-6H2,1-2H3,(H,12,15). The number of nitrogens with one attached hydrogen (secondary N) is 1. The monoisotopic (exact) mass is 227 g/mol. The molecule has 4 nitrogen and oxygen atoms in total. The number of aromatic nitrogens is 3. The second-order valence-corrected chi connectivity index (χ2v) is 4.51. The summed E-state index contributed by atoms with van der Waals surface area (Å²) in [5.41, 5.74) is 0. The van der Waals surface area contributed by atoms with Crippen molar-refractivity contribution in [3.8, 4) is 0 Å². The summed E-state index contributed by atoms with van der Waals surface area (Å²) in [7, 11) is 1.96. The Morgan fingerprint density at radius 2 is 2.33 bits per heavy atom. The van der Waals surface area contributed by atoms with Crippen molar-refractivity contribution in [1.29, 1.82) is 0 Å². The van der Waals surface area contributed by atoms with E-state index in [4.69, 9.17) is 17.0 Å². The molecule has 0 amide bonds. The Bertz CT molecular complexity index is 378. The average Bonchev–Trinajstić information content (AvgIpc) is 2.46. The van der Waals surface area contributed by atoms with E-state index < -0.39 is 0 Å². The summed E-state index contributed by atoms with van der Waals surface area (Å²) >= 11 is 5.07. The first kappa shape index (κ1) is 10.8. The predicted molar refractivity (Wildman–Crippen MR) is 60.2 cm³/mol. The molecule has 0 atom stereocenters. The van der Waals surface area contributed by atoms with Gasteiger partial charge in [0.05, 0.1) is 6.10 Å². The van der Waals surface area contributed by atoms with E-state index in [9.17, 15) is 0 Å². The summed E-state index contributed by atoms with van der Waals surface area (Å²) in [6.07, 6.45) is 3.81. The highest BCUT2D eigenvalue weighted by molar-refractivity contribution is 7.71. The predicted octanol–water partition coefficient (Wildman–Crippen LogP) is 1.84. The van der Waals surface area contributed by atoms with Gasteiger partial charge < -0.3 is 9.30 Å². The Labute approximate surface area is 94.6 Å². The Hall–Kier alpha value is -0.680. The zero-order valence-electron chi connectivity index (χ0n) is 9.19. The van der Waals surface area contributed by atoms with Crippen LogP contribution in [0.3, 0.4) is 0 Å². The molecular formula is C10H17N3OS. The van der Waals surface area contributed by atoms with Crippen LogP contribution >= 0.6 is 12.2 Å². The van der Waals surface area contributed by atoms with Crippen LogP contribution in [-0.2, 0) is 18.2 Å². The van der Waals surface area contributed by atoms with Gasteiger partial charge in [-0.2, -0.15) is 5.10 Å². The molecule has 1 saturated carbocycles. The van der Waals surface area contributed by atoms with Crippen LogP contribution in [0.4, 0.5) is 0 Å². The van der Waals surface area contributed by atoms with E-state index in [1.165, 1.54) is 0 Å². The molecule has 84 valence electrons. The van der Waals surface area contributed by atoms with E-state index in [-0.39, 0.29) is 0 Å². The molecule has 0 radical (unpaired) electrons. The first-order chi connectivity index (χ1) is 7.20. The van der Waals surface area contributed by atoms with Gasteiger partial charge in [0.25, 0.3) is 0 Å². The van der Waals surface area contributed by atoms with E-state index in [2.05, 4.69) is 10.2 Å². The summed E-state index contributed by atoms with van der Waals surface area (Å²) in [6.45, 7) is 2.87. The van der Waals surface area contributed by atoms with Gasteiger partial charge in [0, 0.05) is 20.1 Å². The maximum atomic E-state index is 5.53. The molecule has 0 saturated heterocycles. The van der Waals surface area contributed by atoms with Crippen LogP contribution in [0.25, 0.3) is 0 Å². The lowest BCUT2D eigenvalue weighted by Gasteiger charge is -2.34. The van der Waals surface area contributed by atoms with Crippen molar-refractivity contribution in [3.05, 3.63) is 10.6 Å². The molecule has 2 rings (SSSR count). The third-order valence-corrected chi connectivity index (χ3v) is 3.40. The van der Waals surface area contributed by atoms with Crippen molar-refractivity contribution in [3.63, 3.8) is 0 Å². The largest absolute Gasteiger partial charge is 0.378 e. The van der Waals surface area contributed by atoms with Crippen LogP contribution in [0.1, 0.15) is 25.6 Å². The zero-order chi connectivity index (χ0) is 10.8. The minimum atomic E-state index is 0.479. The van der Waals surface area contributed by atoms with Gasteiger partial charge in [-0.25, -0.2) is 0 Å². The molecule has 0 aromatic carbocycles. The normalized spacial score (nSPS) is 25.2. The van der Waals surface area contributed by atoms with Crippen molar-refractivity contribution in [2.45, 2.75) is 32.3 Å². The lowest BCUT2D eigenvalue weighted by Crippen LogP contribution is -2.33. The van der Waals surface area contributed by atoms with Crippen LogP contribution in [-0.4, -0.2) is 27.5 Å². The lowest BCUT2D eigenvalue weighted by atomic mass is 9.80. The first-order valence-corrected chi connectivity index (χ1v) is 5.83. The quantitative estimate of drug-likeness (QED) is 0.798. The van der Waals surface area contributed by atoms with Crippen LogP contribution in [0.15, 0.2) is 0 Å². The molecule has 5 heteroatoms. The number of hydrogen-bond acceptors (Lipinski definition) is 3.